The second kappa shape index (κ2) is 8.06. The molecule has 0 saturated carbocycles. The van der Waals surface area contributed by atoms with E-state index in [4.69, 9.17) is 11.6 Å². The highest BCUT2D eigenvalue weighted by Crippen LogP contribution is 2.22. The molecule has 0 heterocycles. The number of hydrogen-bond donors (Lipinski definition) is 2. The van der Waals surface area contributed by atoms with Gasteiger partial charge >= 0.3 is 0 Å². The molecule has 21 heavy (non-hydrogen) atoms. The Labute approximate surface area is 131 Å². The van der Waals surface area contributed by atoms with Gasteiger partial charge in [0.15, 0.2) is 0 Å². The Morgan fingerprint density at radius 2 is 1.90 bits per heavy atom. The fraction of sp³-hybridized carbons (Fsp3) is 0.333. The minimum Gasteiger partial charge on any atom is -0.508 e. The summed E-state index contributed by atoms with van der Waals surface area (Å²) in [7, 11) is 0. The molecule has 0 amide bonds. The molecule has 2 rings (SSSR count). The number of hydrogen-bond acceptors (Lipinski definition) is 2. The van der Waals surface area contributed by atoms with Crippen molar-refractivity contribution in [3.8, 4) is 5.75 Å². The minimum absolute atomic E-state index is 0.326. The van der Waals surface area contributed by atoms with Gasteiger partial charge in [-0.3, -0.25) is 0 Å². The minimum atomic E-state index is 0.326. The lowest BCUT2D eigenvalue weighted by molar-refractivity contribution is 0.465. The van der Waals surface area contributed by atoms with Crippen molar-refractivity contribution in [3.05, 3.63) is 64.7 Å². The normalized spacial score (nSPS) is 12.3. The number of phenols is 1. The van der Waals surface area contributed by atoms with E-state index in [2.05, 4.69) is 24.4 Å². The van der Waals surface area contributed by atoms with Gasteiger partial charge in [-0.2, -0.15) is 0 Å². The van der Waals surface area contributed by atoms with Crippen LogP contribution in [0.2, 0.25) is 5.02 Å². The first kappa shape index (κ1) is 15.9. The van der Waals surface area contributed by atoms with Crippen molar-refractivity contribution in [2.45, 2.75) is 19.8 Å². The van der Waals surface area contributed by atoms with Crippen LogP contribution in [0.1, 0.15) is 18.1 Å². The molecule has 3 heteroatoms. The van der Waals surface area contributed by atoms with Gasteiger partial charge in [-0.15, -0.1) is 0 Å². The Balaban J connectivity index is 2.09. The van der Waals surface area contributed by atoms with Crippen molar-refractivity contribution < 1.29 is 5.11 Å². The molecule has 0 radical (unpaired) electrons. The zero-order valence-corrected chi connectivity index (χ0v) is 13.1. The van der Waals surface area contributed by atoms with Gasteiger partial charge in [-0.1, -0.05) is 48.9 Å². The molecule has 112 valence electrons. The van der Waals surface area contributed by atoms with Crippen LogP contribution in [0.15, 0.2) is 48.5 Å². The van der Waals surface area contributed by atoms with Gasteiger partial charge in [0.05, 0.1) is 0 Å². The molecule has 0 aliphatic heterocycles. The van der Waals surface area contributed by atoms with Crippen LogP contribution in [-0.4, -0.2) is 18.2 Å². The summed E-state index contributed by atoms with van der Waals surface area (Å²) in [6.45, 7) is 4.01. The van der Waals surface area contributed by atoms with E-state index in [0.29, 0.717) is 11.7 Å². The third kappa shape index (κ3) is 5.07. The summed E-state index contributed by atoms with van der Waals surface area (Å²) >= 11 is 6.27. The lowest BCUT2D eigenvalue weighted by Crippen LogP contribution is -2.25. The lowest BCUT2D eigenvalue weighted by atomic mass is 9.92. The van der Waals surface area contributed by atoms with Gasteiger partial charge < -0.3 is 10.4 Å². The van der Waals surface area contributed by atoms with Crippen molar-refractivity contribution in [1.29, 1.82) is 0 Å². The first-order valence-electron chi connectivity index (χ1n) is 7.41. The topological polar surface area (TPSA) is 32.3 Å². The van der Waals surface area contributed by atoms with Crippen molar-refractivity contribution in [3.63, 3.8) is 0 Å². The van der Waals surface area contributed by atoms with Crippen molar-refractivity contribution in [2.24, 2.45) is 5.92 Å². The van der Waals surface area contributed by atoms with Crippen LogP contribution < -0.4 is 5.32 Å². The van der Waals surface area contributed by atoms with Crippen molar-refractivity contribution in [1.82, 2.24) is 5.32 Å². The second-order valence-corrected chi connectivity index (χ2v) is 5.75. The van der Waals surface area contributed by atoms with Gasteiger partial charge in [-0.25, -0.2) is 0 Å². The van der Waals surface area contributed by atoms with Crippen molar-refractivity contribution in [2.75, 3.05) is 13.1 Å². The molecule has 2 nitrogen and oxygen atoms in total. The number of benzene rings is 2. The highest BCUT2D eigenvalue weighted by molar-refractivity contribution is 6.31. The standard InChI is InChI=1S/C18H22ClNO/c1-2-20-13-15(10-14-6-5-8-17(21)12-14)11-16-7-3-4-9-18(16)19/h3-9,12,15,20-21H,2,10-11,13H2,1H3. The van der Waals surface area contributed by atoms with Gasteiger partial charge in [0.1, 0.15) is 5.75 Å². The monoisotopic (exact) mass is 303 g/mol. The highest BCUT2D eigenvalue weighted by atomic mass is 35.5. The third-order valence-electron chi connectivity index (χ3n) is 3.58. The maximum absolute atomic E-state index is 9.60. The fourth-order valence-corrected chi connectivity index (χ4v) is 2.77. The van der Waals surface area contributed by atoms with E-state index >= 15 is 0 Å². The average molecular weight is 304 g/mol. The predicted octanol–water partition coefficient (Wildman–Crippen LogP) is 4.06. The van der Waals surface area contributed by atoms with E-state index in [1.807, 2.05) is 30.3 Å². The Kier molecular flexibility index (Phi) is 6.09. The molecule has 0 spiro atoms. The van der Waals surface area contributed by atoms with E-state index in [1.54, 1.807) is 6.07 Å². The molecule has 0 aliphatic carbocycles. The Bertz CT molecular complexity index is 571. The van der Waals surface area contributed by atoms with Crippen LogP contribution in [-0.2, 0) is 12.8 Å². The summed E-state index contributed by atoms with van der Waals surface area (Å²) in [5.74, 6) is 0.777. The molecular formula is C18H22ClNO. The van der Waals surface area contributed by atoms with Gasteiger partial charge in [0.25, 0.3) is 0 Å². The Morgan fingerprint density at radius 3 is 2.62 bits per heavy atom. The number of phenolic OH excluding ortho intramolecular Hbond substituents is 1. The van der Waals surface area contributed by atoms with Gasteiger partial charge in [0.2, 0.25) is 0 Å². The second-order valence-electron chi connectivity index (χ2n) is 5.34. The maximum Gasteiger partial charge on any atom is 0.115 e. The van der Waals surface area contributed by atoms with Crippen LogP contribution in [0.3, 0.4) is 0 Å². The number of rotatable bonds is 7. The zero-order valence-electron chi connectivity index (χ0n) is 12.3. The van der Waals surface area contributed by atoms with Crippen LogP contribution in [0.25, 0.3) is 0 Å². The molecule has 1 atom stereocenters. The van der Waals surface area contributed by atoms with Crippen molar-refractivity contribution >= 4 is 11.6 Å². The molecular weight excluding hydrogens is 282 g/mol. The average Bonchev–Trinajstić information content (AvgIpc) is 2.47. The summed E-state index contributed by atoms with van der Waals surface area (Å²) in [5.41, 5.74) is 2.34. The molecule has 0 bridgehead atoms. The lowest BCUT2D eigenvalue weighted by Gasteiger charge is -2.18. The van der Waals surface area contributed by atoms with Crippen LogP contribution in [0, 0.1) is 5.92 Å². The number of nitrogens with one attached hydrogen (secondary N) is 1. The molecule has 0 aliphatic rings. The van der Waals surface area contributed by atoms with E-state index < -0.39 is 0 Å². The molecule has 2 aromatic rings. The molecule has 0 saturated heterocycles. The van der Waals surface area contributed by atoms with E-state index in [0.717, 1.165) is 36.5 Å². The molecule has 0 aromatic heterocycles. The first-order valence-corrected chi connectivity index (χ1v) is 7.79. The van der Waals surface area contributed by atoms with E-state index in [-0.39, 0.29) is 0 Å². The largest absolute Gasteiger partial charge is 0.508 e. The fourth-order valence-electron chi connectivity index (χ4n) is 2.56. The summed E-state index contributed by atoms with van der Waals surface area (Å²) in [5, 5.41) is 13.8. The zero-order chi connectivity index (χ0) is 15.1. The Hall–Kier alpha value is -1.51. The molecule has 2 N–H and O–H groups in total. The third-order valence-corrected chi connectivity index (χ3v) is 3.95. The summed E-state index contributed by atoms with van der Waals surface area (Å²) in [6.07, 6.45) is 1.86. The van der Waals surface area contributed by atoms with E-state index in [9.17, 15) is 5.11 Å². The van der Waals surface area contributed by atoms with E-state index in [1.165, 1.54) is 5.56 Å². The first-order chi connectivity index (χ1) is 10.2. The predicted molar refractivity (Wildman–Crippen MR) is 89.0 cm³/mol. The number of aromatic hydroxyl groups is 1. The Morgan fingerprint density at radius 1 is 1.10 bits per heavy atom. The smallest absolute Gasteiger partial charge is 0.115 e. The summed E-state index contributed by atoms with van der Waals surface area (Å²) in [6, 6.07) is 15.5. The maximum atomic E-state index is 9.60. The quantitative estimate of drug-likeness (QED) is 0.808. The highest BCUT2D eigenvalue weighted by Gasteiger charge is 2.12. The summed E-state index contributed by atoms with van der Waals surface area (Å²) < 4.78 is 0. The van der Waals surface area contributed by atoms with Crippen LogP contribution in [0.5, 0.6) is 5.75 Å². The molecule has 2 aromatic carbocycles. The molecule has 0 fully saturated rings. The molecule has 1 unspecified atom stereocenters. The summed E-state index contributed by atoms with van der Waals surface area (Å²) in [4.78, 5) is 0. The van der Waals surface area contributed by atoms with Crippen LogP contribution in [0.4, 0.5) is 0 Å². The number of halogens is 1. The van der Waals surface area contributed by atoms with Gasteiger partial charge in [0, 0.05) is 5.02 Å². The SMILES string of the molecule is CCNCC(Cc1cccc(O)c1)Cc1ccccc1Cl. The van der Waals surface area contributed by atoms with Gasteiger partial charge in [-0.05, 0) is 61.2 Å². The van der Waals surface area contributed by atoms with Crippen LogP contribution >= 0.6 is 11.6 Å².